The molecule has 1 fully saturated rings. The van der Waals surface area contributed by atoms with Gasteiger partial charge in [-0.25, -0.2) is 4.98 Å². The molecule has 1 aliphatic heterocycles. The molecule has 0 amide bonds. The first-order valence-electron chi connectivity index (χ1n) is 6.69. The minimum atomic E-state index is 0.0824. The van der Waals surface area contributed by atoms with Gasteiger partial charge in [-0.05, 0) is 19.4 Å². The molecule has 0 saturated carbocycles. The largest absolute Gasteiger partial charge is 0.391 e. The van der Waals surface area contributed by atoms with Crippen LogP contribution in [0.4, 0.5) is 5.13 Å². The molecule has 20 heavy (non-hydrogen) atoms. The van der Waals surface area contributed by atoms with Crippen molar-refractivity contribution in [2.75, 3.05) is 31.2 Å². The van der Waals surface area contributed by atoms with E-state index in [2.05, 4.69) is 24.1 Å². The SMILES string of the molecule is Cc1sc(CO)c(-c2csc(N3CCOCC3)n2)c1C. The first-order chi connectivity index (χ1) is 9.70. The van der Waals surface area contributed by atoms with E-state index in [9.17, 15) is 5.11 Å². The maximum absolute atomic E-state index is 9.53. The molecule has 2 aromatic heterocycles. The van der Waals surface area contributed by atoms with Gasteiger partial charge in [0.05, 0.1) is 25.5 Å². The Morgan fingerprint density at radius 3 is 2.80 bits per heavy atom. The summed E-state index contributed by atoms with van der Waals surface area (Å²) in [4.78, 5) is 9.31. The van der Waals surface area contributed by atoms with Crippen LogP contribution in [0.25, 0.3) is 11.3 Å². The molecule has 3 heterocycles. The van der Waals surface area contributed by atoms with Crippen molar-refractivity contribution >= 4 is 27.8 Å². The summed E-state index contributed by atoms with van der Waals surface area (Å²) in [6.45, 7) is 7.63. The smallest absolute Gasteiger partial charge is 0.186 e. The molecule has 1 saturated heterocycles. The van der Waals surface area contributed by atoms with Crippen molar-refractivity contribution in [1.29, 1.82) is 0 Å². The van der Waals surface area contributed by atoms with Gasteiger partial charge in [-0.3, -0.25) is 0 Å². The number of anilines is 1. The molecule has 2 aromatic rings. The van der Waals surface area contributed by atoms with Crippen LogP contribution in [0.1, 0.15) is 15.3 Å². The lowest BCUT2D eigenvalue weighted by Crippen LogP contribution is -2.36. The fourth-order valence-electron chi connectivity index (χ4n) is 2.42. The zero-order valence-corrected chi connectivity index (χ0v) is 13.3. The third-order valence-corrected chi connectivity index (χ3v) is 5.73. The summed E-state index contributed by atoms with van der Waals surface area (Å²) in [7, 11) is 0. The number of ether oxygens (including phenoxy) is 1. The minimum absolute atomic E-state index is 0.0824. The van der Waals surface area contributed by atoms with Gasteiger partial charge >= 0.3 is 0 Å². The number of aliphatic hydroxyl groups is 1. The summed E-state index contributed by atoms with van der Waals surface area (Å²) in [6.07, 6.45) is 0. The molecule has 1 N–H and O–H groups in total. The average Bonchev–Trinajstić information content (AvgIpc) is 3.06. The van der Waals surface area contributed by atoms with Gasteiger partial charge in [0, 0.05) is 33.8 Å². The predicted molar refractivity (Wildman–Crippen MR) is 83.9 cm³/mol. The van der Waals surface area contributed by atoms with Crippen molar-refractivity contribution in [3.63, 3.8) is 0 Å². The number of rotatable bonds is 3. The Morgan fingerprint density at radius 1 is 1.35 bits per heavy atom. The Kier molecular flexibility index (Phi) is 4.07. The zero-order chi connectivity index (χ0) is 14.1. The molecular formula is C14H18N2O2S2. The van der Waals surface area contributed by atoms with Crippen molar-refractivity contribution in [3.8, 4) is 11.3 Å². The number of hydrogen-bond acceptors (Lipinski definition) is 6. The van der Waals surface area contributed by atoms with E-state index in [1.807, 2.05) is 0 Å². The fraction of sp³-hybridized carbons (Fsp3) is 0.500. The Labute approximate surface area is 126 Å². The monoisotopic (exact) mass is 310 g/mol. The predicted octanol–water partition coefficient (Wildman–Crippen LogP) is 2.82. The fourth-order valence-corrected chi connectivity index (χ4v) is 4.34. The highest BCUT2D eigenvalue weighted by Crippen LogP contribution is 2.37. The van der Waals surface area contributed by atoms with Gasteiger partial charge < -0.3 is 14.7 Å². The number of aliphatic hydroxyl groups excluding tert-OH is 1. The Bertz CT molecular complexity index is 600. The van der Waals surface area contributed by atoms with Crippen LogP contribution in [0.15, 0.2) is 5.38 Å². The quantitative estimate of drug-likeness (QED) is 0.947. The van der Waals surface area contributed by atoms with Gasteiger partial charge in [-0.1, -0.05) is 0 Å². The van der Waals surface area contributed by atoms with E-state index in [0.717, 1.165) is 47.6 Å². The van der Waals surface area contributed by atoms with Gasteiger partial charge in [0.15, 0.2) is 5.13 Å². The molecule has 0 unspecified atom stereocenters. The topological polar surface area (TPSA) is 45.6 Å². The normalized spacial score (nSPS) is 15.8. The van der Waals surface area contributed by atoms with Crippen molar-refractivity contribution in [1.82, 2.24) is 4.98 Å². The molecular weight excluding hydrogens is 292 g/mol. The molecule has 6 heteroatoms. The molecule has 4 nitrogen and oxygen atoms in total. The molecule has 3 rings (SSSR count). The molecule has 1 aliphatic rings. The van der Waals surface area contributed by atoms with Crippen LogP contribution in [0.2, 0.25) is 0 Å². The van der Waals surface area contributed by atoms with Crippen LogP contribution < -0.4 is 4.90 Å². The van der Waals surface area contributed by atoms with E-state index in [0.29, 0.717) is 0 Å². The van der Waals surface area contributed by atoms with Gasteiger partial charge in [0.2, 0.25) is 0 Å². The Balaban J connectivity index is 1.93. The Morgan fingerprint density at radius 2 is 2.10 bits per heavy atom. The van der Waals surface area contributed by atoms with Crippen LogP contribution >= 0.6 is 22.7 Å². The van der Waals surface area contributed by atoms with Crippen molar-refractivity contribution in [3.05, 3.63) is 20.7 Å². The standard InChI is InChI=1S/C14H18N2O2S2/c1-9-10(2)20-12(7-17)13(9)11-8-19-14(15-11)16-3-5-18-6-4-16/h8,17H,3-7H2,1-2H3. The van der Waals surface area contributed by atoms with E-state index in [1.165, 1.54) is 10.4 Å². The first-order valence-corrected chi connectivity index (χ1v) is 8.38. The highest BCUT2D eigenvalue weighted by atomic mass is 32.1. The van der Waals surface area contributed by atoms with Gasteiger partial charge in [0.25, 0.3) is 0 Å². The third kappa shape index (κ3) is 2.48. The molecule has 0 aromatic carbocycles. The summed E-state index contributed by atoms with van der Waals surface area (Å²) in [5.41, 5.74) is 3.34. The number of hydrogen-bond donors (Lipinski definition) is 1. The van der Waals surface area contributed by atoms with Crippen LogP contribution in [-0.4, -0.2) is 36.4 Å². The number of thiazole rings is 1. The molecule has 0 aliphatic carbocycles. The zero-order valence-electron chi connectivity index (χ0n) is 11.7. The lowest BCUT2D eigenvalue weighted by atomic mass is 10.1. The van der Waals surface area contributed by atoms with E-state index in [-0.39, 0.29) is 6.61 Å². The van der Waals surface area contributed by atoms with E-state index >= 15 is 0 Å². The van der Waals surface area contributed by atoms with Crippen LogP contribution in [0, 0.1) is 13.8 Å². The van der Waals surface area contributed by atoms with Crippen molar-refractivity contribution in [2.24, 2.45) is 0 Å². The number of morpholine rings is 1. The van der Waals surface area contributed by atoms with Gasteiger partial charge in [0.1, 0.15) is 0 Å². The van der Waals surface area contributed by atoms with E-state index in [4.69, 9.17) is 9.72 Å². The van der Waals surface area contributed by atoms with Gasteiger partial charge in [-0.15, -0.1) is 22.7 Å². The second-order valence-corrected chi connectivity index (χ2v) is 7.00. The van der Waals surface area contributed by atoms with E-state index < -0.39 is 0 Å². The number of thiophene rings is 1. The number of aromatic nitrogens is 1. The molecule has 108 valence electrons. The van der Waals surface area contributed by atoms with E-state index in [1.54, 1.807) is 22.7 Å². The first kappa shape index (κ1) is 14.0. The second kappa shape index (κ2) is 5.81. The lowest BCUT2D eigenvalue weighted by molar-refractivity contribution is 0.122. The second-order valence-electron chi connectivity index (χ2n) is 4.85. The van der Waals surface area contributed by atoms with Crippen LogP contribution in [0.5, 0.6) is 0 Å². The van der Waals surface area contributed by atoms with Gasteiger partial charge in [-0.2, -0.15) is 0 Å². The maximum Gasteiger partial charge on any atom is 0.186 e. The summed E-state index contributed by atoms with van der Waals surface area (Å²) in [6, 6.07) is 0. The summed E-state index contributed by atoms with van der Waals surface area (Å²) in [5.74, 6) is 0. The average molecular weight is 310 g/mol. The molecule has 0 spiro atoms. The number of nitrogens with zero attached hydrogens (tertiary/aromatic N) is 2. The minimum Gasteiger partial charge on any atom is -0.391 e. The van der Waals surface area contributed by atoms with Crippen LogP contribution in [-0.2, 0) is 11.3 Å². The number of aryl methyl sites for hydroxylation is 1. The Hall–Kier alpha value is -0.950. The summed E-state index contributed by atoms with van der Waals surface area (Å²) in [5, 5.41) is 12.7. The summed E-state index contributed by atoms with van der Waals surface area (Å²) < 4.78 is 5.38. The highest BCUT2D eigenvalue weighted by molar-refractivity contribution is 7.14. The molecule has 0 radical (unpaired) electrons. The third-order valence-electron chi connectivity index (χ3n) is 3.63. The maximum atomic E-state index is 9.53. The molecule has 0 atom stereocenters. The van der Waals surface area contributed by atoms with Crippen LogP contribution in [0.3, 0.4) is 0 Å². The van der Waals surface area contributed by atoms with Crippen molar-refractivity contribution < 1.29 is 9.84 Å². The highest BCUT2D eigenvalue weighted by Gasteiger charge is 2.19. The lowest BCUT2D eigenvalue weighted by Gasteiger charge is -2.26. The summed E-state index contributed by atoms with van der Waals surface area (Å²) >= 11 is 3.33. The molecule has 0 bridgehead atoms. The van der Waals surface area contributed by atoms with Crippen molar-refractivity contribution in [2.45, 2.75) is 20.5 Å².